The van der Waals surface area contributed by atoms with Crippen molar-refractivity contribution in [1.82, 2.24) is 0 Å². The highest BCUT2D eigenvalue weighted by molar-refractivity contribution is 7.87. The highest BCUT2D eigenvalue weighted by Gasteiger charge is 2.76. The molecule has 0 spiro atoms. The zero-order valence-corrected chi connectivity index (χ0v) is 7.19. The number of hydrogen-bond donors (Lipinski definition) is 0. The number of halogens is 7. The lowest BCUT2D eigenvalue weighted by Gasteiger charge is -2.27. The molecule has 0 N–H and O–H groups in total. The first-order valence-corrected chi connectivity index (χ1v) is 4.21. The summed E-state index contributed by atoms with van der Waals surface area (Å²) in [6, 6.07) is 0. The average molecular weight is 248 g/mol. The molecule has 0 heterocycles. The molecule has 0 aromatic carbocycles. The molecule has 0 aromatic rings. The zero-order valence-electron chi connectivity index (χ0n) is 6.37. The first-order valence-electron chi connectivity index (χ1n) is 2.83. The van der Waals surface area contributed by atoms with Gasteiger partial charge in [0.25, 0.3) is 0 Å². The fraction of sp³-hybridized carbons (Fsp3) is 1.00. The maximum Gasteiger partial charge on any atom is 0.442 e. The normalized spacial score (nSPS) is 15.7. The topological polar surface area (TPSA) is 34.1 Å². The van der Waals surface area contributed by atoms with Crippen molar-refractivity contribution in [3.05, 3.63) is 0 Å². The Balaban J connectivity index is 5.54. The molecule has 0 aliphatic carbocycles. The molecule has 0 aliphatic rings. The Labute approximate surface area is 73.9 Å². The molecule has 0 saturated carbocycles. The van der Waals surface area contributed by atoms with E-state index in [4.69, 9.17) is 0 Å². The number of alkyl halides is 6. The Morgan fingerprint density at radius 2 is 1.21 bits per heavy atom. The molecule has 0 unspecified atom stereocenters. The molecule has 0 radical (unpaired) electrons. The van der Waals surface area contributed by atoms with Crippen LogP contribution in [0.4, 0.5) is 30.2 Å². The molecular weight excluding hydrogens is 245 g/mol. The summed E-state index contributed by atoms with van der Waals surface area (Å²) >= 11 is 0. The van der Waals surface area contributed by atoms with Crippen molar-refractivity contribution in [2.75, 3.05) is 0 Å². The van der Waals surface area contributed by atoms with Gasteiger partial charge in [0.1, 0.15) is 0 Å². The molecule has 86 valence electrons. The van der Waals surface area contributed by atoms with Gasteiger partial charge in [0, 0.05) is 6.92 Å². The molecule has 0 aliphatic heterocycles. The summed E-state index contributed by atoms with van der Waals surface area (Å²) in [5.74, 6) is -11.7. The van der Waals surface area contributed by atoms with Crippen LogP contribution in [-0.4, -0.2) is 25.5 Å². The summed E-state index contributed by atoms with van der Waals surface area (Å²) < 4.78 is 103. The van der Waals surface area contributed by atoms with Gasteiger partial charge >= 0.3 is 27.3 Å². The zero-order chi connectivity index (χ0) is 12.0. The predicted molar refractivity (Wildman–Crippen MR) is 30.5 cm³/mol. The fourth-order valence-corrected chi connectivity index (χ4v) is 0.894. The summed E-state index contributed by atoms with van der Waals surface area (Å²) in [5, 5.41) is -6.46. The molecule has 0 fully saturated rings. The highest BCUT2D eigenvalue weighted by atomic mass is 32.3. The first kappa shape index (κ1) is 13.5. The van der Waals surface area contributed by atoms with Crippen molar-refractivity contribution >= 4 is 10.2 Å². The van der Waals surface area contributed by atoms with Crippen molar-refractivity contribution in [2.24, 2.45) is 0 Å². The van der Waals surface area contributed by atoms with Crippen LogP contribution >= 0.6 is 0 Å². The maximum atomic E-state index is 12.1. The molecule has 0 amide bonds. The molecule has 10 heteroatoms. The standard InChI is InChI=1S/C4H3F7O2S/c1-2(5,6)3(7,8)4(9,10)14(11,12)13/h1H3. The molecule has 0 aromatic heterocycles. The van der Waals surface area contributed by atoms with E-state index in [1.54, 1.807) is 0 Å². The predicted octanol–water partition coefficient (Wildman–Crippen LogP) is 2.17. The average Bonchev–Trinajstić information content (AvgIpc) is 1.81. The lowest BCUT2D eigenvalue weighted by atomic mass is 10.2. The van der Waals surface area contributed by atoms with E-state index in [1.807, 2.05) is 0 Å². The SMILES string of the molecule is CC(F)(F)C(F)(F)C(F)(F)S(=O)(=O)F. The van der Waals surface area contributed by atoms with Crippen molar-refractivity contribution in [3.8, 4) is 0 Å². The summed E-state index contributed by atoms with van der Waals surface area (Å²) in [4.78, 5) is 0. The number of rotatable bonds is 3. The Morgan fingerprint density at radius 1 is 0.929 bits per heavy atom. The summed E-state index contributed by atoms with van der Waals surface area (Å²) in [5.41, 5.74) is 0. The molecule has 0 atom stereocenters. The van der Waals surface area contributed by atoms with E-state index in [1.165, 1.54) is 0 Å². The summed E-state index contributed by atoms with van der Waals surface area (Å²) in [6.07, 6.45) is 0. The third-order valence-electron chi connectivity index (χ3n) is 1.22. The molecule has 0 rings (SSSR count). The van der Waals surface area contributed by atoms with E-state index >= 15 is 0 Å². The highest BCUT2D eigenvalue weighted by Crippen LogP contribution is 2.48. The van der Waals surface area contributed by atoms with Gasteiger partial charge in [-0.3, -0.25) is 0 Å². The van der Waals surface area contributed by atoms with Crippen LogP contribution in [0.25, 0.3) is 0 Å². The van der Waals surface area contributed by atoms with Crippen molar-refractivity contribution < 1.29 is 38.6 Å². The van der Waals surface area contributed by atoms with Crippen LogP contribution in [0.2, 0.25) is 0 Å². The Bertz CT molecular complexity index is 313. The van der Waals surface area contributed by atoms with Crippen molar-refractivity contribution in [1.29, 1.82) is 0 Å². The lowest BCUT2D eigenvalue weighted by Crippen LogP contribution is -2.55. The van der Waals surface area contributed by atoms with Gasteiger partial charge in [0.2, 0.25) is 0 Å². The minimum Gasteiger partial charge on any atom is -0.200 e. The Hall–Kier alpha value is -0.540. The van der Waals surface area contributed by atoms with E-state index in [-0.39, 0.29) is 0 Å². The molecule has 0 bridgehead atoms. The molecule has 14 heavy (non-hydrogen) atoms. The fourth-order valence-electron chi connectivity index (χ4n) is 0.409. The van der Waals surface area contributed by atoms with Gasteiger partial charge in [0.15, 0.2) is 0 Å². The van der Waals surface area contributed by atoms with Gasteiger partial charge in [0.05, 0.1) is 0 Å². The lowest BCUT2D eigenvalue weighted by molar-refractivity contribution is -0.272. The second-order valence-corrected chi connectivity index (χ2v) is 3.81. The van der Waals surface area contributed by atoms with Gasteiger partial charge in [-0.15, -0.1) is 0 Å². The van der Waals surface area contributed by atoms with E-state index in [9.17, 15) is 38.6 Å². The van der Waals surface area contributed by atoms with E-state index in [2.05, 4.69) is 0 Å². The molecule has 0 saturated heterocycles. The third kappa shape index (κ3) is 1.79. The first-order chi connectivity index (χ1) is 5.75. The van der Waals surface area contributed by atoms with E-state index in [0.29, 0.717) is 0 Å². The van der Waals surface area contributed by atoms with Crippen molar-refractivity contribution in [2.45, 2.75) is 24.0 Å². The van der Waals surface area contributed by atoms with Gasteiger partial charge in [-0.1, -0.05) is 3.89 Å². The van der Waals surface area contributed by atoms with Gasteiger partial charge in [-0.05, 0) is 0 Å². The van der Waals surface area contributed by atoms with E-state index in [0.717, 1.165) is 0 Å². The largest absolute Gasteiger partial charge is 0.442 e. The second kappa shape index (κ2) is 2.97. The maximum absolute atomic E-state index is 12.1. The van der Waals surface area contributed by atoms with Crippen LogP contribution in [0, 0.1) is 0 Å². The third-order valence-corrected chi connectivity index (χ3v) is 2.09. The smallest absolute Gasteiger partial charge is 0.200 e. The van der Waals surface area contributed by atoms with Crippen LogP contribution in [0.15, 0.2) is 0 Å². The summed E-state index contributed by atoms with van der Waals surface area (Å²) in [6.45, 7) is -0.647. The monoisotopic (exact) mass is 248 g/mol. The van der Waals surface area contributed by atoms with Gasteiger partial charge in [-0.25, -0.2) is 0 Å². The van der Waals surface area contributed by atoms with Crippen LogP contribution in [0.5, 0.6) is 0 Å². The molecular formula is C4H3F7O2S. The van der Waals surface area contributed by atoms with Crippen LogP contribution in [-0.2, 0) is 10.2 Å². The molecule has 2 nitrogen and oxygen atoms in total. The minimum absolute atomic E-state index is 0.647. The Kier molecular flexibility index (Phi) is 2.86. The minimum atomic E-state index is -7.11. The quantitative estimate of drug-likeness (QED) is 0.566. The van der Waals surface area contributed by atoms with Gasteiger partial charge < -0.3 is 0 Å². The van der Waals surface area contributed by atoms with E-state index < -0.39 is 34.2 Å². The van der Waals surface area contributed by atoms with Crippen LogP contribution < -0.4 is 0 Å². The van der Waals surface area contributed by atoms with Gasteiger partial charge in [-0.2, -0.15) is 34.8 Å². The van der Waals surface area contributed by atoms with Crippen molar-refractivity contribution in [3.63, 3.8) is 0 Å². The Morgan fingerprint density at radius 3 is 1.29 bits per heavy atom. The van der Waals surface area contributed by atoms with Crippen LogP contribution in [0.1, 0.15) is 6.92 Å². The number of hydrogen-bond acceptors (Lipinski definition) is 2. The van der Waals surface area contributed by atoms with Crippen LogP contribution in [0.3, 0.4) is 0 Å². The second-order valence-electron chi connectivity index (χ2n) is 2.42. The summed E-state index contributed by atoms with van der Waals surface area (Å²) in [7, 11) is -7.11.